The molecule has 0 aromatic heterocycles. The first kappa shape index (κ1) is 15.4. The summed E-state index contributed by atoms with van der Waals surface area (Å²) >= 11 is 3.31. The zero-order valence-corrected chi connectivity index (χ0v) is 12.9. The lowest BCUT2D eigenvalue weighted by Gasteiger charge is -2.25. The molecule has 3 nitrogen and oxygen atoms in total. The van der Waals surface area contributed by atoms with E-state index in [9.17, 15) is 9.18 Å². The molecular weight excluding hydrogens is 325 g/mol. The van der Waals surface area contributed by atoms with Crippen LogP contribution in [0.15, 0.2) is 22.7 Å². The Morgan fingerprint density at radius 2 is 2.10 bits per heavy atom. The summed E-state index contributed by atoms with van der Waals surface area (Å²) in [5.41, 5.74) is 0.471. The standard InChI is InChI=1S/C15H19BrFNO2/c16-13-5-6-14(17)12(9-13)10-18(7-8-19)15(20)11-3-1-2-4-11/h5-6,9,11,19H,1-4,7-8,10H2. The average Bonchev–Trinajstić information content (AvgIpc) is 2.95. The number of nitrogens with zero attached hydrogens (tertiary/aromatic N) is 1. The van der Waals surface area contributed by atoms with Crippen LogP contribution in [0.3, 0.4) is 0 Å². The molecule has 0 radical (unpaired) electrons. The molecule has 0 atom stereocenters. The first-order chi connectivity index (χ1) is 9.61. The van der Waals surface area contributed by atoms with Gasteiger partial charge in [0.1, 0.15) is 5.82 Å². The molecule has 5 heteroatoms. The van der Waals surface area contributed by atoms with E-state index in [0.29, 0.717) is 5.56 Å². The fraction of sp³-hybridized carbons (Fsp3) is 0.533. The molecule has 0 aliphatic heterocycles. The van der Waals surface area contributed by atoms with Crippen LogP contribution in [0, 0.1) is 11.7 Å². The molecule has 1 aliphatic rings. The number of aliphatic hydroxyl groups is 1. The van der Waals surface area contributed by atoms with Crippen LogP contribution < -0.4 is 0 Å². The third kappa shape index (κ3) is 3.79. The highest BCUT2D eigenvalue weighted by atomic mass is 79.9. The van der Waals surface area contributed by atoms with Crippen LogP contribution in [0.4, 0.5) is 4.39 Å². The van der Waals surface area contributed by atoms with Gasteiger partial charge in [0.15, 0.2) is 0 Å². The summed E-state index contributed by atoms with van der Waals surface area (Å²) in [6.07, 6.45) is 3.96. The molecule has 2 rings (SSSR count). The molecule has 1 N–H and O–H groups in total. The van der Waals surface area contributed by atoms with Gasteiger partial charge in [-0.25, -0.2) is 4.39 Å². The van der Waals surface area contributed by atoms with Crippen molar-refractivity contribution in [3.8, 4) is 0 Å². The van der Waals surface area contributed by atoms with Gasteiger partial charge in [-0.05, 0) is 31.0 Å². The maximum atomic E-state index is 13.8. The molecule has 1 aromatic rings. The first-order valence-corrected chi connectivity index (χ1v) is 7.74. The van der Waals surface area contributed by atoms with Crippen LogP contribution in [0.1, 0.15) is 31.2 Å². The quantitative estimate of drug-likeness (QED) is 0.892. The second-order valence-corrected chi connectivity index (χ2v) is 6.12. The fourth-order valence-corrected chi connectivity index (χ4v) is 3.10. The predicted octanol–water partition coefficient (Wildman–Crippen LogP) is 3.10. The van der Waals surface area contributed by atoms with Gasteiger partial charge >= 0.3 is 0 Å². The van der Waals surface area contributed by atoms with Gasteiger partial charge in [-0.2, -0.15) is 0 Å². The minimum absolute atomic E-state index is 0.0379. The summed E-state index contributed by atoms with van der Waals surface area (Å²) in [6.45, 7) is 0.358. The number of hydrogen-bond donors (Lipinski definition) is 1. The molecule has 1 amide bonds. The molecule has 1 aromatic carbocycles. The largest absolute Gasteiger partial charge is 0.395 e. The van der Waals surface area contributed by atoms with Crippen molar-refractivity contribution in [2.45, 2.75) is 32.2 Å². The first-order valence-electron chi connectivity index (χ1n) is 6.95. The van der Waals surface area contributed by atoms with E-state index >= 15 is 0 Å². The van der Waals surface area contributed by atoms with Gasteiger partial charge in [0, 0.05) is 29.0 Å². The van der Waals surface area contributed by atoms with Crippen LogP contribution in [-0.2, 0) is 11.3 Å². The molecule has 0 unspecified atom stereocenters. The van der Waals surface area contributed by atoms with E-state index in [2.05, 4.69) is 15.9 Å². The maximum absolute atomic E-state index is 13.8. The van der Waals surface area contributed by atoms with Gasteiger partial charge in [-0.15, -0.1) is 0 Å². The minimum Gasteiger partial charge on any atom is -0.395 e. The summed E-state index contributed by atoms with van der Waals surface area (Å²) in [4.78, 5) is 14.0. The van der Waals surface area contributed by atoms with Gasteiger partial charge in [-0.1, -0.05) is 28.8 Å². The van der Waals surface area contributed by atoms with E-state index in [1.807, 2.05) is 0 Å². The molecule has 0 heterocycles. The van der Waals surface area contributed by atoms with Crippen LogP contribution in [0.2, 0.25) is 0 Å². The summed E-state index contributed by atoms with van der Waals surface area (Å²) in [5.74, 6) is -0.247. The van der Waals surface area contributed by atoms with E-state index in [1.54, 1.807) is 17.0 Å². The highest BCUT2D eigenvalue weighted by Gasteiger charge is 2.27. The second kappa shape index (κ2) is 7.18. The summed E-state index contributed by atoms with van der Waals surface area (Å²) in [6, 6.07) is 4.70. The smallest absolute Gasteiger partial charge is 0.226 e. The Labute approximate surface area is 126 Å². The van der Waals surface area contributed by atoms with E-state index in [4.69, 9.17) is 5.11 Å². The lowest BCUT2D eigenvalue weighted by molar-refractivity contribution is -0.136. The van der Waals surface area contributed by atoms with Gasteiger partial charge in [0.25, 0.3) is 0 Å². The summed E-state index contributed by atoms with van der Waals surface area (Å²) in [5, 5.41) is 9.13. The van der Waals surface area contributed by atoms with E-state index in [-0.39, 0.29) is 37.3 Å². The number of hydrogen-bond acceptors (Lipinski definition) is 2. The normalized spacial score (nSPS) is 15.6. The van der Waals surface area contributed by atoms with Crippen molar-refractivity contribution in [3.63, 3.8) is 0 Å². The molecule has 1 saturated carbocycles. The third-order valence-corrected chi connectivity index (χ3v) is 4.25. The maximum Gasteiger partial charge on any atom is 0.226 e. The zero-order chi connectivity index (χ0) is 14.5. The van der Waals surface area contributed by atoms with Gasteiger partial charge in [0.2, 0.25) is 5.91 Å². The SMILES string of the molecule is O=C(C1CCCC1)N(CCO)Cc1cc(Br)ccc1F. The minimum atomic E-state index is -0.324. The van der Waals surface area contributed by atoms with Crippen LogP contribution >= 0.6 is 15.9 Å². The summed E-state index contributed by atoms with van der Waals surface area (Å²) in [7, 11) is 0. The molecule has 1 aliphatic carbocycles. The van der Waals surface area contributed by atoms with E-state index in [0.717, 1.165) is 30.2 Å². The van der Waals surface area contributed by atoms with Crippen LogP contribution in [0.25, 0.3) is 0 Å². The number of amides is 1. The number of rotatable bonds is 5. The summed E-state index contributed by atoms with van der Waals surface area (Å²) < 4.78 is 14.6. The monoisotopic (exact) mass is 343 g/mol. The van der Waals surface area contributed by atoms with Crippen molar-refractivity contribution in [3.05, 3.63) is 34.1 Å². The highest BCUT2D eigenvalue weighted by Crippen LogP contribution is 2.27. The molecule has 110 valence electrons. The number of benzene rings is 1. The molecular formula is C15H19BrFNO2. The van der Waals surface area contributed by atoms with Gasteiger partial charge in [-0.3, -0.25) is 4.79 Å². The van der Waals surface area contributed by atoms with Crippen molar-refractivity contribution in [1.82, 2.24) is 4.90 Å². The van der Waals surface area contributed by atoms with Gasteiger partial charge < -0.3 is 10.0 Å². The Kier molecular flexibility index (Phi) is 5.54. The Morgan fingerprint density at radius 3 is 2.75 bits per heavy atom. The Bertz CT molecular complexity index is 475. The Balaban J connectivity index is 2.11. The number of aliphatic hydroxyl groups excluding tert-OH is 1. The fourth-order valence-electron chi connectivity index (χ4n) is 2.69. The van der Waals surface area contributed by atoms with Crippen molar-refractivity contribution in [1.29, 1.82) is 0 Å². The topological polar surface area (TPSA) is 40.5 Å². The van der Waals surface area contributed by atoms with Crippen LogP contribution in [-0.4, -0.2) is 29.1 Å². The number of carbonyl (C=O) groups is 1. The van der Waals surface area contributed by atoms with Crippen LogP contribution in [0.5, 0.6) is 0 Å². The molecule has 0 saturated heterocycles. The van der Waals surface area contributed by atoms with Crippen molar-refractivity contribution in [2.24, 2.45) is 5.92 Å². The Hall–Kier alpha value is -0.940. The number of carbonyl (C=O) groups excluding carboxylic acids is 1. The van der Waals surface area contributed by atoms with E-state index in [1.165, 1.54) is 6.07 Å². The van der Waals surface area contributed by atoms with E-state index < -0.39 is 0 Å². The second-order valence-electron chi connectivity index (χ2n) is 5.20. The number of halogens is 2. The van der Waals surface area contributed by atoms with Gasteiger partial charge in [0.05, 0.1) is 6.61 Å². The van der Waals surface area contributed by atoms with Crippen molar-refractivity contribution in [2.75, 3.05) is 13.2 Å². The predicted molar refractivity (Wildman–Crippen MR) is 78.6 cm³/mol. The molecule has 20 heavy (non-hydrogen) atoms. The average molecular weight is 344 g/mol. The zero-order valence-electron chi connectivity index (χ0n) is 11.3. The molecule has 0 bridgehead atoms. The molecule has 1 fully saturated rings. The lowest BCUT2D eigenvalue weighted by atomic mass is 10.1. The van der Waals surface area contributed by atoms with Crippen molar-refractivity contribution < 1.29 is 14.3 Å². The lowest BCUT2D eigenvalue weighted by Crippen LogP contribution is -2.37. The highest BCUT2D eigenvalue weighted by molar-refractivity contribution is 9.10. The third-order valence-electron chi connectivity index (χ3n) is 3.75. The molecule has 0 spiro atoms. The van der Waals surface area contributed by atoms with Crippen molar-refractivity contribution >= 4 is 21.8 Å². The Morgan fingerprint density at radius 1 is 1.40 bits per heavy atom.